The average Bonchev–Trinajstić information content (AvgIpc) is 3.66. The number of hydrogen-bond donors (Lipinski definition) is 1. The molecule has 1 aromatic heterocycles. The molecule has 5 aromatic rings. The van der Waals surface area contributed by atoms with E-state index in [-0.39, 0.29) is 17.6 Å². The molecule has 0 radical (unpaired) electrons. The summed E-state index contributed by atoms with van der Waals surface area (Å²) in [6.45, 7) is 0.926. The lowest BCUT2D eigenvalue weighted by Gasteiger charge is -2.52. The van der Waals surface area contributed by atoms with Gasteiger partial charge in [0.05, 0.1) is 12.0 Å². The second kappa shape index (κ2) is 11.0. The molecule has 2 bridgehead atoms. The lowest BCUT2D eigenvalue weighted by atomic mass is 9.53. The van der Waals surface area contributed by atoms with E-state index in [4.69, 9.17) is 4.98 Å². The first-order valence-electron chi connectivity index (χ1n) is 16.1. The highest BCUT2D eigenvalue weighted by atomic mass is 16.4. The van der Waals surface area contributed by atoms with Crippen molar-refractivity contribution in [2.75, 3.05) is 13.1 Å². The Balaban J connectivity index is 1.19. The molecule has 46 heavy (non-hydrogen) atoms. The fraction of sp³-hybridized carbons (Fsp3) is 0.225. The number of carboxylic acid groups (broad SMARTS) is 1. The summed E-state index contributed by atoms with van der Waals surface area (Å²) in [7, 11) is 0. The Morgan fingerprint density at radius 3 is 1.83 bits per heavy atom. The number of aromatic nitrogens is 2. The van der Waals surface area contributed by atoms with Gasteiger partial charge in [-0.1, -0.05) is 115 Å². The number of carbonyl (C=O) groups is 2. The van der Waals surface area contributed by atoms with Crippen LogP contribution in [0.3, 0.4) is 0 Å². The van der Waals surface area contributed by atoms with Crippen molar-refractivity contribution in [3.05, 3.63) is 156 Å². The van der Waals surface area contributed by atoms with E-state index in [0.29, 0.717) is 13.1 Å². The standard InChI is InChI=1S/C40H35N3O3/c44-37-29(23-39(37)33-20-21-34(39)25-42(24-33)38(45)46)22-28-12-10-11-19-35(28)36-26-43(27-41-36)40(30-13-4-1-5-14-30,31-15-6-2-7-16-31)32-17-8-3-9-18-32/h1-19,22,26-27,33-34H,20-21,23-25H2,(H,45,46)/b29-22+. The summed E-state index contributed by atoms with van der Waals surface area (Å²) in [6.07, 6.45) is 7.78. The summed E-state index contributed by atoms with van der Waals surface area (Å²) in [5, 5.41) is 9.58. The van der Waals surface area contributed by atoms with Gasteiger partial charge < -0.3 is 14.6 Å². The number of Topliss-reactive ketones (excluding diaryl/α,β-unsaturated/α-hetero) is 1. The Morgan fingerprint density at radius 1 is 0.783 bits per heavy atom. The highest BCUT2D eigenvalue weighted by Crippen LogP contribution is 2.62. The molecule has 8 rings (SSSR count). The van der Waals surface area contributed by atoms with Crippen molar-refractivity contribution >= 4 is 18.0 Å². The number of amides is 1. The molecule has 1 N–H and O–H groups in total. The molecule has 228 valence electrons. The van der Waals surface area contributed by atoms with Gasteiger partial charge in [0.1, 0.15) is 5.54 Å². The Kier molecular flexibility index (Phi) is 6.75. The van der Waals surface area contributed by atoms with Crippen LogP contribution in [-0.4, -0.2) is 44.5 Å². The van der Waals surface area contributed by atoms with Crippen molar-refractivity contribution in [2.24, 2.45) is 17.3 Å². The van der Waals surface area contributed by atoms with Gasteiger partial charge in [-0.3, -0.25) is 4.79 Å². The van der Waals surface area contributed by atoms with Gasteiger partial charge in [-0.25, -0.2) is 9.78 Å². The molecule has 1 amide bonds. The van der Waals surface area contributed by atoms with Gasteiger partial charge in [-0.2, -0.15) is 0 Å². The number of nitrogens with zero attached hydrogens (tertiary/aromatic N) is 3. The maximum atomic E-state index is 13.9. The minimum absolute atomic E-state index is 0.111. The van der Waals surface area contributed by atoms with Crippen molar-refractivity contribution in [3.8, 4) is 11.3 Å². The summed E-state index contributed by atoms with van der Waals surface area (Å²) in [5.74, 6) is 0.432. The lowest BCUT2D eigenvalue weighted by molar-refractivity contribution is -0.141. The van der Waals surface area contributed by atoms with Crippen LogP contribution in [0.5, 0.6) is 0 Å². The first-order chi connectivity index (χ1) is 22.5. The van der Waals surface area contributed by atoms with Gasteiger partial charge in [-0.15, -0.1) is 0 Å². The van der Waals surface area contributed by atoms with E-state index in [1.165, 1.54) is 4.90 Å². The van der Waals surface area contributed by atoms with Crippen LogP contribution in [0.4, 0.5) is 4.79 Å². The zero-order chi connectivity index (χ0) is 31.3. The largest absolute Gasteiger partial charge is 0.465 e. The maximum absolute atomic E-state index is 13.9. The molecule has 1 aliphatic heterocycles. The molecule has 1 spiro atoms. The van der Waals surface area contributed by atoms with Crippen molar-refractivity contribution in [2.45, 2.75) is 24.8 Å². The van der Waals surface area contributed by atoms with Crippen molar-refractivity contribution in [3.63, 3.8) is 0 Å². The zero-order valence-electron chi connectivity index (χ0n) is 25.5. The molecule has 1 saturated heterocycles. The molecule has 2 saturated carbocycles. The fourth-order valence-corrected chi connectivity index (χ4v) is 8.64. The van der Waals surface area contributed by atoms with E-state index in [0.717, 1.165) is 58.3 Å². The second-order valence-corrected chi connectivity index (χ2v) is 12.9. The quantitative estimate of drug-likeness (QED) is 0.159. The Morgan fingerprint density at radius 2 is 1.30 bits per heavy atom. The zero-order valence-corrected chi connectivity index (χ0v) is 25.5. The van der Waals surface area contributed by atoms with Crippen molar-refractivity contribution < 1.29 is 14.7 Å². The molecule has 2 aliphatic carbocycles. The molecule has 4 aromatic carbocycles. The molecule has 2 atom stereocenters. The molecule has 2 unspecified atom stereocenters. The highest BCUT2D eigenvalue weighted by molar-refractivity contribution is 6.11. The number of carbonyl (C=O) groups excluding carboxylic acids is 1. The van der Waals surface area contributed by atoms with E-state index in [9.17, 15) is 14.7 Å². The SMILES string of the molecule is O=C(O)N1CC2CCC(C1)C21C/C(=C\c2ccccc2-c2cn(C(c3ccccc3)(c3ccccc3)c3ccccc3)cn2)C1=O. The number of imidazole rings is 1. The molecule has 3 aliphatic rings. The third-order valence-electron chi connectivity index (χ3n) is 10.8. The van der Waals surface area contributed by atoms with Crippen molar-refractivity contribution in [1.29, 1.82) is 0 Å². The van der Waals surface area contributed by atoms with E-state index < -0.39 is 17.0 Å². The van der Waals surface area contributed by atoms with Crippen LogP contribution in [0.1, 0.15) is 41.5 Å². The number of ketones is 1. The van der Waals surface area contributed by atoms with Gasteiger partial charge >= 0.3 is 6.09 Å². The Bertz CT molecular complexity index is 1840. The Hall–Kier alpha value is -5.23. The number of hydrogen-bond acceptors (Lipinski definition) is 3. The predicted molar refractivity (Wildman–Crippen MR) is 178 cm³/mol. The smallest absolute Gasteiger partial charge is 0.407 e. The van der Waals surface area contributed by atoms with Gasteiger partial charge in [0, 0.05) is 30.3 Å². The molecule has 6 nitrogen and oxygen atoms in total. The van der Waals surface area contributed by atoms with Gasteiger partial charge in [0.15, 0.2) is 5.78 Å². The third kappa shape index (κ3) is 4.20. The van der Waals surface area contributed by atoms with Gasteiger partial charge in [0.25, 0.3) is 0 Å². The van der Waals surface area contributed by atoms with Gasteiger partial charge in [-0.05, 0) is 65.0 Å². The average molecular weight is 606 g/mol. The van der Waals surface area contributed by atoms with Crippen LogP contribution in [-0.2, 0) is 10.3 Å². The third-order valence-corrected chi connectivity index (χ3v) is 10.8. The van der Waals surface area contributed by atoms with Crippen LogP contribution >= 0.6 is 0 Å². The lowest BCUT2D eigenvalue weighted by Crippen LogP contribution is -2.59. The summed E-state index contributed by atoms with van der Waals surface area (Å²) < 4.78 is 2.21. The van der Waals surface area contributed by atoms with Crippen LogP contribution in [0.15, 0.2) is 133 Å². The molecule has 2 heterocycles. The van der Waals surface area contributed by atoms with E-state index in [1.807, 2.05) is 42.7 Å². The summed E-state index contributed by atoms with van der Waals surface area (Å²) >= 11 is 0. The fourth-order valence-electron chi connectivity index (χ4n) is 8.64. The first-order valence-corrected chi connectivity index (χ1v) is 16.1. The van der Waals surface area contributed by atoms with E-state index in [2.05, 4.69) is 95.7 Å². The first kappa shape index (κ1) is 28.3. The second-order valence-electron chi connectivity index (χ2n) is 12.9. The number of allylic oxidation sites excluding steroid dienone is 1. The monoisotopic (exact) mass is 605 g/mol. The number of likely N-dealkylation sites (tertiary alicyclic amines) is 1. The predicted octanol–water partition coefficient (Wildman–Crippen LogP) is 7.75. The van der Waals surface area contributed by atoms with Crippen LogP contribution in [0.25, 0.3) is 17.3 Å². The maximum Gasteiger partial charge on any atom is 0.407 e. The number of rotatable bonds is 6. The van der Waals surface area contributed by atoms with Crippen molar-refractivity contribution in [1.82, 2.24) is 14.5 Å². The van der Waals surface area contributed by atoms with E-state index >= 15 is 0 Å². The van der Waals surface area contributed by atoms with Crippen LogP contribution in [0.2, 0.25) is 0 Å². The minimum atomic E-state index is -0.876. The topological polar surface area (TPSA) is 75.4 Å². The highest BCUT2D eigenvalue weighted by Gasteiger charge is 2.64. The molecule has 3 fully saturated rings. The molecular weight excluding hydrogens is 570 g/mol. The summed E-state index contributed by atoms with van der Waals surface area (Å²) in [5.41, 5.74) is 5.91. The van der Waals surface area contributed by atoms with Crippen LogP contribution < -0.4 is 0 Å². The minimum Gasteiger partial charge on any atom is -0.465 e. The summed E-state index contributed by atoms with van der Waals surface area (Å²) in [6, 6.07) is 39.8. The Labute approximate surface area is 268 Å². The molecular formula is C40H35N3O3. The number of piperidine rings is 1. The molecule has 6 heteroatoms. The normalized spacial score (nSPS) is 23.1. The van der Waals surface area contributed by atoms with E-state index in [1.54, 1.807) is 0 Å². The number of benzene rings is 4. The van der Waals surface area contributed by atoms with Gasteiger partial charge in [0.2, 0.25) is 0 Å². The van der Waals surface area contributed by atoms with Crippen LogP contribution in [0, 0.1) is 17.3 Å². The summed E-state index contributed by atoms with van der Waals surface area (Å²) in [4.78, 5) is 32.1.